The summed E-state index contributed by atoms with van der Waals surface area (Å²) in [5.41, 5.74) is 9.70. The van der Waals surface area contributed by atoms with Crippen LogP contribution in [0.4, 0.5) is 5.69 Å². The van der Waals surface area contributed by atoms with Gasteiger partial charge in [-0.2, -0.15) is 0 Å². The third kappa shape index (κ3) is 21.6. The molecule has 0 saturated carbocycles. The van der Waals surface area contributed by atoms with Crippen LogP contribution in [0.2, 0.25) is 0 Å². The van der Waals surface area contributed by atoms with Gasteiger partial charge in [-0.3, -0.25) is 34.0 Å². The van der Waals surface area contributed by atoms with Crippen LogP contribution < -0.4 is 42.7 Å². The number of hydrogen-bond donors (Lipinski definition) is 6. The first-order chi connectivity index (χ1) is 59.7. The largest absolute Gasteiger partial charge is 0.501 e. The van der Waals surface area contributed by atoms with E-state index in [-0.39, 0.29) is 149 Å². The number of aliphatic hydroxyl groups excluding tert-OH is 4. The van der Waals surface area contributed by atoms with Crippen LogP contribution in [0.15, 0.2) is 173 Å². The Morgan fingerprint density at radius 3 is 1.97 bits per heavy atom. The van der Waals surface area contributed by atoms with Crippen LogP contribution in [-0.2, 0) is 98.0 Å². The van der Waals surface area contributed by atoms with Gasteiger partial charge in [-0.1, -0.05) is 77.5 Å². The third-order valence-electron chi connectivity index (χ3n) is 21.2. The van der Waals surface area contributed by atoms with Crippen molar-refractivity contribution in [3.8, 4) is 40.2 Å². The molecule has 7 atom stereocenters. The molecule has 9 aromatic rings. The first-order valence-corrected chi connectivity index (χ1v) is 43.0. The van der Waals surface area contributed by atoms with Gasteiger partial charge in [0, 0.05) is 86.3 Å². The number of aliphatic hydroxyl groups is 4. The molecule has 34 nitrogen and oxygen atoms in total. The number of rotatable bonds is 38. The number of amides is 4. The number of aryl methyl sites for hydroxylation is 1. The van der Waals surface area contributed by atoms with E-state index in [9.17, 15) is 61.2 Å². The smallest absolute Gasteiger partial charge is 0.493 e. The molecule has 5 aliphatic heterocycles. The van der Waals surface area contributed by atoms with Crippen LogP contribution in [0.5, 0.6) is 40.2 Å². The lowest BCUT2D eigenvalue weighted by atomic mass is 9.94. The summed E-state index contributed by atoms with van der Waals surface area (Å²) in [6.45, 7) is 3.68. The van der Waals surface area contributed by atoms with E-state index in [1.807, 2.05) is 56.3 Å². The average molecular weight is 1740 g/mol. The molecule has 8 aromatic carbocycles. The molecule has 0 bridgehead atoms. The van der Waals surface area contributed by atoms with Crippen LogP contribution in [0, 0.1) is 6.92 Å². The standard InChI is InChI=1S/C88H94N10O24S2/c1-53-10-19-68(20-11-53)123(108,109)31-22-72(100)57-12-14-58(15-13-57)84(104)89-24-27-115-29-30-116-52-65-48-96(94-93-65)25-28-114-26-23-90-85(105)61-17-21-73(119-88-83(103)82(102)81(101)79(49-99)120-88)78(37-61)122-124(110,111)121-67-18-16-60-35-66-44-91-71-42-77(75(113-5)41-70(71)87(107)97(66)47-64(60)36-67)118-51-56-33-54(45-95(2)3)32-55(34-56)50-117-76-38-63-43-92-80-39-59-8-6-7-9-62(59)46-98(80)86(106)69(63)40-74(76)112-4/h6-21,32-34,36-38,40-44,48,66,79-83,88,99,101-103H,22-31,35,39,45-47,49-52H2,1-5H3,(H,89,104)(H,90,105)/t66-,79+,80-,81-,82-,83+,88?/m0/s1. The van der Waals surface area contributed by atoms with Gasteiger partial charge in [-0.05, 0) is 145 Å². The maximum atomic E-state index is 14.8. The van der Waals surface area contributed by atoms with Crippen LogP contribution in [0.3, 0.4) is 0 Å². The van der Waals surface area contributed by atoms with Crippen molar-refractivity contribution >= 4 is 67.8 Å². The van der Waals surface area contributed by atoms with E-state index in [1.165, 1.54) is 73.5 Å². The number of fused-ring (bicyclic) bond motifs is 6. The average Bonchev–Trinajstić information content (AvgIpc) is 1.56. The Morgan fingerprint density at radius 1 is 0.605 bits per heavy atom. The maximum absolute atomic E-state index is 14.8. The number of carbonyl (C=O) groups excluding carboxylic acids is 5. The maximum Gasteiger partial charge on any atom is 0.501 e. The lowest BCUT2D eigenvalue weighted by Crippen LogP contribution is -2.60. The van der Waals surface area contributed by atoms with Crippen LogP contribution in [0.25, 0.3) is 0 Å². The second-order valence-corrected chi connectivity index (χ2v) is 33.6. The SMILES string of the molecule is COc1cc2c(cc1OCc1cc(COc3cc4c(cc3OC)C(=O)N3Cc5cc(OS(=O)(=O)Oc6cc(C(=O)NCCOCCn7cc(COCCOCCNC(=O)c8ccc(C(=O)CCS(=O)(=O)c9ccc(C)cc9)cc8)nn7)ccc6OC6O[C@H](CO)[C@H](O)[C@H](O)[C@H]6O)ccc5C[C@H]3C=N4)cc(CN(C)C)c1)C=N[C@@H]1Cc3ccccc3CN1C2=O. The Morgan fingerprint density at radius 2 is 1.25 bits per heavy atom. The molecule has 0 radical (unpaired) electrons. The molecule has 1 unspecified atom stereocenters. The van der Waals surface area contributed by atoms with Gasteiger partial charge < -0.3 is 96.8 Å². The van der Waals surface area contributed by atoms with Crippen molar-refractivity contribution in [1.29, 1.82) is 0 Å². The van der Waals surface area contributed by atoms with Gasteiger partial charge in [-0.25, -0.2) is 13.1 Å². The van der Waals surface area contributed by atoms with Crippen molar-refractivity contribution in [2.75, 3.05) is 86.8 Å². The number of methoxy groups -OCH3 is 2. The topological polar surface area (TPSA) is 425 Å². The molecule has 1 aromatic heterocycles. The fraction of sp³-hybridized carbons (Fsp3) is 0.352. The van der Waals surface area contributed by atoms with Gasteiger partial charge in [0.25, 0.3) is 23.6 Å². The van der Waals surface area contributed by atoms with E-state index < -0.39 is 86.9 Å². The molecule has 1 fully saturated rings. The van der Waals surface area contributed by atoms with Gasteiger partial charge in [-0.15, -0.1) is 13.5 Å². The predicted molar refractivity (Wildman–Crippen MR) is 447 cm³/mol. The van der Waals surface area contributed by atoms with Crippen molar-refractivity contribution in [3.05, 3.63) is 241 Å². The van der Waals surface area contributed by atoms with Crippen molar-refractivity contribution in [2.24, 2.45) is 9.98 Å². The highest BCUT2D eigenvalue weighted by molar-refractivity contribution is 7.91. The number of sulfone groups is 1. The number of nitrogens with zero attached hydrogens (tertiary/aromatic N) is 8. The highest BCUT2D eigenvalue weighted by Crippen LogP contribution is 2.42. The van der Waals surface area contributed by atoms with Crippen LogP contribution >= 0.6 is 0 Å². The molecular formula is C88H94N10O24S2. The molecule has 0 spiro atoms. The monoisotopic (exact) mass is 1740 g/mol. The van der Waals surface area contributed by atoms with Gasteiger partial charge in [0.2, 0.25) is 6.29 Å². The summed E-state index contributed by atoms with van der Waals surface area (Å²) >= 11 is 0. The first kappa shape index (κ1) is 88.2. The van der Waals surface area contributed by atoms with Crippen molar-refractivity contribution < 1.29 is 112 Å². The molecule has 6 N–H and O–H groups in total. The summed E-state index contributed by atoms with van der Waals surface area (Å²) < 4.78 is 119. The van der Waals surface area contributed by atoms with Gasteiger partial charge in [0.05, 0.1) is 107 Å². The Kier molecular flexibility index (Phi) is 28.2. The van der Waals surface area contributed by atoms with Crippen molar-refractivity contribution in [1.82, 2.24) is 40.3 Å². The minimum absolute atomic E-state index is 0.0148. The second kappa shape index (κ2) is 39.6. The fourth-order valence-corrected chi connectivity index (χ4v) is 16.7. The van der Waals surface area contributed by atoms with Gasteiger partial charge >= 0.3 is 10.4 Å². The highest BCUT2D eigenvalue weighted by Gasteiger charge is 2.46. The molecule has 1 saturated heterocycles. The minimum atomic E-state index is -5.17. The lowest BCUT2D eigenvalue weighted by Gasteiger charge is -2.39. The van der Waals surface area contributed by atoms with Gasteiger partial charge in [0.1, 0.15) is 55.2 Å². The summed E-state index contributed by atoms with van der Waals surface area (Å²) in [7, 11) is -1.87. The number of ether oxygens (including phenoxy) is 9. The molecule has 36 heteroatoms. The number of nitrogens with one attached hydrogen (secondary N) is 2. The summed E-state index contributed by atoms with van der Waals surface area (Å²) in [4.78, 5) is 83.3. The molecule has 0 aliphatic carbocycles. The number of carbonyl (C=O) groups is 5. The molecular weight excluding hydrogens is 1650 g/mol. The zero-order chi connectivity index (χ0) is 87.3. The Labute approximate surface area is 715 Å². The number of aliphatic imine (C=N–C) groups is 2. The molecule has 652 valence electrons. The predicted octanol–water partition coefficient (Wildman–Crippen LogP) is 6.40. The lowest BCUT2D eigenvalue weighted by molar-refractivity contribution is -0.277. The van der Waals surface area contributed by atoms with Crippen LogP contribution in [-0.4, -0.2) is 239 Å². The fourth-order valence-electron chi connectivity index (χ4n) is 14.7. The number of benzene rings is 8. The summed E-state index contributed by atoms with van der Waals surface area (Å²) in [5.74, 6) is -2.24. The van der Waals surface area contributed by atoms with Gasteiger partial charge in [0.15, 0.2) is 50.1 Å². The molecule has 6 heterocycles. The third-order valence-corrected chi connectivity index (χ3v) is 23.7. The van der Waals surface area contributed by atoms with Crippen molar-refractivity contribution in [2.45, 2.75) is 120 Å². The summed E-state index contributed by atoms with van der Waals surface area (Å²) in [5, 5.41) is 55.5. The Hall–Kier alpha value is -12.1. The Bertz CT molecular complexity index is 5710. The van der Waals surface area contributed by atoms with Crippen LogP contribution in [0.1, 0.15) is 114 Å². The summed E-state index contributed by atoms with van der Waals surface area (Å²) in [6.07, 6.45) is -3.37. The van der Waals surface area contributed by atoms with E-state index in [2.05, 4.69) is 33.1 Å². The second-order valence-electron chi connectivity index (χ2n) is 30.4. The zero-order valence-electron chi connectivity index (χ0n) is 68.5. The van der Waals surface area contributed by atoms with E-state index in [4.69, 9.17) is 61.0 Å². The highest BCUT2D eigenvalue weighted by atomic mass is 32.3. The molecule has 5 aliphatic rings. The minimum Gasteiger partial charge on any atom is -0.493 e. The van der Waals surface area contributed by atoms with E-state index in [1.54, 1.807) is 70.9 Å². The van der Waals surface area contributed by atoms with Crippen molar-refractivity contribution in [3.63, 3.8) is 0 Å². The quantitative estimate of drug-likeness (QED) is 0.0180. The van der Waals surface area contributed by atoms with E-state index >= 15 is 0 Å². The molecule has 4 amide bonds. The number of ketones is 1. The first-order valence-electron chi connectivity index (χ1n) is 40.0. The number of aromatic nitrogens is 3. The molecule has 124 heavy (non-hydrogen) atoms. The van der Waals surface area contributed by atoms with E-state index in [0.29, 0.717) is 76.0 Å². The molecule has 14 rings (SSSR count). The normalized spacial score (nSPS) is 18.3. The number of hydrogen-bond acceptors (Lipinski definition) is 29. The van der Waals surface area contributed by atoms with E-state index in [0.717, 1.165) is 51.1 Å². The number of Topliss-reactive ketones (excluding diaryl/α,β-unsaturated/α-hetero) is 1. The summed E-state index contributed by atoms with van der Waals surface area (Å²) in [6, 6.07) is 40.6. The Balaban J connectivity index is 0.546. The zero-order valence-corrected chi connectivity index (χ0v) is 70.1.